The van der Waals surface area contributed by atoms with Crippen LogP contribution in [-0.4, -0.2) is 15.1 Å². The molecule has 2 rings (SSSR count). The average Bonchev–Trinajstić information content (AvgIpc) is 2.17. The van der Waals surface area contributed by atoms with Gasteiger partial charge in [0.05, 0.1) is 0 Å². The first-order valence-corrected chi connectivity index (χ1v) is 4.62. The smallest absolute Gasteiger partial charge is 0.221 e. The van der Waals surface area contributed by atoms with Gasteiger partial charge in [-0.25, -0.2) is 9.97 Å². The maximum atomic E-state index is 9.31. The van der Waals surface area contributed by atoms with Gasteiger partial charge in [0, 0.05) is 11.8 Å². The van der Waals surface area contributed by atoms with Crippen LogP contribution in [0.15, 0.2) is 30.5 Å². The first-order valence-electron chi connectivity index (χ1n) is 4.24. The summed E-state index contributed by atoms with van der Waals surface area (Å²) in [6.07, 6.45) is 1.53. The van der Waals surface area contributed by atoms with E-state index >= 15 is 0 Å². The fourth-order valence-electron chi connectivity index (χ4n) is 1.24. The summed E-state index contributed by atoms with van der Waals surface area (Å²) < 4.78 is 0. The highest BCUT2D eigenvalue weighted by Gasteiger charge is 2.06. The van der Waals surface area contributed by atoms with E-state index in [1.54, 1.807) is 24.3 Å². The Kier molecular flexibility index (Phi) is 2.43. The van der Waals surface area contributed by atoms with Gasteiger partial charge in [-0.05, 0) is 17.7 Å². The molecular formula is C10H8ClN3O. The molecule has 2 aromatic rings. The molecule has 3 N–H and O–H groups in total. The lowest BCUT2D eigenvalue weighted by atomic mass is 10.1. The zero-order valence-electron chi connectivity index (χ0n) is 7.68. The molecule has 1 aromatic carbocycles. The molecule has 1 aromatic heterocycles. The Labute approximate surface area is 91.4 Å². The van der Waals surface area contributed by atoms with E-state index < -0.39 is 0 Å². The molecule has 0 aliphatic heterocycles. The van der Waals surface area contributed by atoms with Gasteiger partial charge < -0.3 is 10.8 Å². The van der Waals surface area contributed by atoms with Gasteiger partial charge in [-0.3, -0.25) is 0 Å². The molecule has 0 atom stereocenters. The minimum Gasteiger partial charge on any atom is -0.508 e. The zero-order chi connectivity index (χ0) is 10.8. The number of nitrogens with two attached hydrogens (primary N) is 1. The first-order chi connectivity index (χ1) is 7.16. The normalized spacial score (nSPS) is 10.2. The number of aromatic nitrogens is 2. The van der Waals surface area contributed by atoms with Gasteiger partial charge in [0.1, 0.15) is 10.9 Å². The van der Waals surface area contributed by atoms with Crippen LogP contribution in [0.5, 0.6) is 5.75 Å². The van der Waals surface area contributed by atoms with Crippen LogP contribution in [0.25, 0.3) is 11.1 Å². The van der Waals surface area contributed by atoms with E-state index in [9.17, 15) is 5.11 Å². The maximum Gasteiger partial charge on any atom is 0.221 e. The van der Waals surface area contributed by atoms with Crippen molar-refractivity contribution in [3.8, 4) is 16.9 Å². The molecule has 0 bridgehead atoms. The lowest BCUT2D eigenvalue weighted by molar-refractivity contribution is 0.475. The quantitative estimate of drug-likeness (QED) is 0.724. The molecule has 0 saturated carbocycles. The highest BCUT2D eigenvalue weighted by molar-refractivity contribution is 6.32. The third-order valence-corrected chi connectivity index (χ3v) is 2.21. The van der Waals surface area contributed by atoms with Crippen molar-refractivity contribution in [2.24, 2.45) is 0 Å². The van der Waals surface area contributed by atoms with E-state index in [4.69, 9.17) is 17.3 Å². The fraction of sp³-hybridized carbons (Fsp3) is 0. The molecular weight excluding hydrogens is 214 g/mol. The van der Waals surface area contributed by atoms with Crippen LogP contribution < -0.4 is 5.73 Å². The third kappa shape index (κ3) is 1.99. The van der Waals surface area contributed by atoms with Crippen LogP contribution in [0.2, 0.25) is 5.15 Å². The first kappa shape index (κ1) is 9.73. The molecule has 0 aliphatic rings. The number of aromatic hydroxyl groups is 1. The number of benzene rings is 1. The monoisotopic (exact) mass is 221 g/mol. The molecule has 0 amide bonds. The lowest BCUT2D eigenvalue weighted by Crippen LogP contribution is -1.95. The largest absolute Gasteiger partial charge is 0.508 e. The van der Waals surface area contributed by atoms with Gasteiger partial charge in [0.15, 0.2) is 0 Å². The number of nitrogens with zero attached hydrogens (tertiary/aromatic N) is 2. The molecule has 1 heterocycles. The van der Waals surface area contributed by atoms with Gasteiger partial charge in [0.2, 0.25) is 5.95 Å². The Morgan fingerprint density at radius 1 is 1.33 bits per heavy atom. The number of halogens is 1. The summed E-state index contributed by atoms with van der Waals surface area (Å²) >= 11 is 5.90. The third-order valence-electron chi connectivity index (χ3n) is 1.92. The molecule has 15 heavy (non-hydrogen) atoms. The van der Waals surface area contributed by atoms with Gasteiger partial charge >= 0.3 is 0 Å². The molecule has 5 heteroatoms. The van der Waals surface area contributed by atoms with E-state index in [-0.39, 0.29) is 16.9 Å². The Hall–Kier alpha value is -1.81. The Bertz CT molecular complexity index is 502. The van der Waals surface area contributed by atoms with Crippen LogP contribution in [0.3, 0.4) is 0 Å². The van der Waals surface area contributed by atoms with Crippen LogP contribution in [-0.2, 0) is 0 Å². The molecule has 0 radical (unpaired) electrons. The van der Waals surface area contributed by atoms with Crippen molar-refractivity contribution in [1.82, 2.24) is 9.97 Å². The predicted octanol–water partition coefficient (Wildman–Crippen LogP) is 2.08. The standard InChI is InChI=1S/C10H8ClN3O/c11-9-8(5-13-10(12)14-9)6-2-1-3-7(15)4-6/h1-5,15H,(H2,12,13,14). The Balaban J connectivity index is 2.54. The van der Waals surface area contributed by atoms with Crippen molar-refractivity contribution in [3.05, 3.63) is 35.6 Å². The van der Waals surface area contributed by atoms with E-state index in [1.807, 2.05) is 0 Å². The number of phenolic OH excluding ortho intramolecular Hbond substituents is 1. The van der Waals surface area contributed by atoms with Gasteiger partial charge in [-0.1, -0.05) is 23.7 Å². The summed E-state index contributed by atoms with van der Waals surface area (Å²) in [6.45, 7) is 0. The van der Waals surface area contributed by atoms with Crippen molar-refractivity contribution < 1.29 is 5.11 Å². The summed E-state index contributed by atoms with van der Waals surface area (Å²) in [7, 11) is 0. The number of hydrogen-bond acceptors (Lipinski definition) is 4. The van der Waals surface area contributed by atoms with E-state index in [1.165, 1.54) is 6.20 Å². The Morgan fingerprint density at radius 3 is 2.80 bits per heavy atom. The molecule has 0 spiro atoms. The van der Waals surface area contributed by atoms with Crippen molar-refractivity contribution in [3.63, 3.8) is 0 Å². The van der Waals surface area contributed by atoms with E-state index in [2.05, 4.69) is 9.97 Å². The lowest BCUT2D eigenvalue weighted by Gasteiger charge is -2.03. The van der Waals surface area contributed by atoms with Crippen LogP contribution >= 0.6 is 11.6 Å². The van der Waals surface area contributed by atoms with Crippen LogP contribution in [0.4, 0.5) is 5.95 Å². The topological polar surface area (TPSA) is 72.0 Å². The highest BCUT2D eigenvalue weighted by atomic mass is 35.5. The van der Waals surface area contributed by atoms with Gasteiger partial charge in [0.25, 0.3) is 0 Å². The van der Waals surface area contributed by atoms with E-state index in [0.717, 1.165) is 5.56 Å². The zero-order valence-corrected chi connectivity index (χ0v) is 8.44. The number of nitrogen functional groups attached to an aromatic ring is 1. The average molecular weight is 222 g/mol. The van der Waals surface area contributed by atoms with Crippen molar-refractivity contribution in [2.45, 2.75) is 0 Å². The molecule has 76 valence electrons. The molecule has 0 fully saturated rings. The van der Waals surface area contributed by atoms with Gasteiger partial charge in [-0.15, -0.1) is 0 Å². The predicted molar refractivity (Wildman–Crippen MR) is 58.6 cm³/mol. The molecule has 0 aliphatic carbocycles. The number of anilines is 1. The molecule has 4 nitrogen and oxygen atoms in total. The second-order valence-corrected chi connectivity index (χ2v) is 3.34. The highest BCUT2D eigenvalue weighted by Crippen LogP contribution is 2.27. The number of rotatable bonds is 1. The maximum absolute atomic E-state index is 9.31. The molecule has 0 unspecified atom stereocenters. The Morgan fingerprint density at radius 2 is 2.13 bits per heavy atom. The van der Waals surface area contributed by atoms with Crippen molar-refractivity contribution in [2.75, 3.05) is 5.73 Å². The van der Waals surface area contributed by atoms with Crippen LogP contribution in [0, 0.1) is 0 Å². The van der Waals surface area contributed by atoms with Gasteiger partial charge in [-0.2, -0.15) is 0 Å². The number of phenols is 1. The minimum absolute atomic E-state index is 0.129. The second kappa shape index (κ2) is 3.74. The summed E-state index contributed by atoms with van der Waals surface area (Å²) in [5, 5.41) is 9.58. The SMILES string of the molecule is Nc1ncc(-c2cccc(O)c2)c(Cl)n1. The second-order valence-electron chi connectivity index (χ2n) is 2.98. The van der Waals surface area contributed by atoms with Crippen molar-refractivity contribution >= 4 is 17.5 Å². The summed E-state index contributed by atoms with van der Waals surface area (Å²) in [6, 6.07) is 6.69. The summed E-state index contributed by atoms with van der Waals surface area (Å²) in [5.41, 5.74) is 6.77. The summed E-state index contributed by atoms with van der Waals surface area (Å²) in [5.74, 6) is 0.296. The number of hydrogen-bond donors (Lipinski definition) is 2. The van der Waals surface area contributed by atoms with Crippen LogP contribution in [0.1, 0.15) is 0 Å². The minimum atomic E-state index is 0.129. The fourth-order valence-corrected chi connectivity index (χ4v) is 1.49. The van der Waals surface area contributed by atoms with Crippen molar-refractivity contribution in [1.29, 1.82) is 0 Å². The van der Waals surface area contributed by atoms with E-state index in [0.29, 0.717) is 5.56 Å². The molecule has 0 saturated heterocycles. The summed E-state index contributed by atoms with van der Waals surface area (Å²) in [4.78, 5) is 7.68.